The molecule has 0 unspecified atom stereocenters. The van der Waals surface area contributed by atoms with Crippen molar-refractivity contribution in [3.8, 4) is 5.75 Å². The summed E-state index contributed by atoms with van der Waals surface area (Å²) in [6.07, 6.45) is 3.88. The molecule has 0 radical (unpaired) electrons. The van der Waals surface area contributed by atoms with Crippen LogP contribution in [0, 0.1) is 0 Å². The number of hydrogen-bond acceptors (Lipinski definition) is 4. The van der Waals surface area contributed by atoms with Crippen molar-refractivity contribution in [1.29, 1.82) is 0 Å². The molecule has 0 spiro atoms. The number of hydrogen-bond donors (Lipinski definition) is 0. The van der Waals surface area contributed by atoms with Gasteiger partial charge in [0.25, 0.3) is 5.91 Å². The van der Waals surface area contributed by atoms with Gasteiger partial charge in [-0.2, -0.15) is 0 Å². The summed E-state index contributed by atoms with van der Waals surface area (Å²) in [5.74, 6) is 0.416. The predicted molar refractivity (Wildman–Crippen MR) is 117 cm³/mol. The van der Waals surface area contributed by atoms with Gasteiger partial charge in [-0.15, -0.1) is 0 Å². The number of aromatic nitrogens is 1. The van der Waals surface area contributed by atoms with E-state index in [4.69, 9.17) is 9.47 Å². The Morgan fingerprint density at radius 2 is 1.77 bits per heavy atom. The smallest absolute Gasteiger partial charge is 0.254 e. The van der Waals surface area contributed by atoms with Crippen molar-refractivity contribution in [2.45, 2.75) is 26.3 Å². The fourth-order valence-electron chi connectivity index (χ4n) is 3.13. The van der Waals surface area contributed by atoms with Crippen LogP contribution in [0.5, 0.6) is 5.75 Å². The molecule has 1 heterocycles. The second kappa shape index (κ2) is 12.0. The molecule has 0 N–H and O–H groups in total. The Kier molecular flexibility index (Phi) is 9.41. The molecular formula is C23H33N3O4. The number of ether oxygens (including phenoxy) is 2. The van der Waals surface area contributed by atoms with E-state index in [1.54, 1.807) is 43.4 Å². The van der Waals surface area contributed by atoms with Crippen LogP contribution in [0.15, 0.2) is 42.6 Å². The first kappa shape index (κ1) is 23.5. The fraction of sp³-hybridized carbons (Fsp3) is 0.478. The van der Waals surface area contributed by atoms with E-state index in [2.05, 4.69) is 6.92 Å². The lowest BCUT2D eigenvalue weighted by Gasteiger charge is -2.28. The molecule has 0 saturated heterocycles. The molecule has 0 saturated carbocycles. The van der Waals surface area contributed by atoms with Crippen LogP contribution in [-0.2, 0) is 23.1 Å². The summed E-state index contributed by atoms with van der Waals surface area (Å²) in [5.41, 5.74) is 1.58. The Balaban J connectivity index is 2.14. The van der Waals surface area contributed by atoms with Crippen molar-refractivity contribution in [1.82, 2.24) is 14.4 Å². The van der Waals surface area contributed by atoms with Gasteiger partial charge >= 0.3 is 0 Å². The number of unbranched alkanes of at least 4 members (excludes halogenated alkanes) is 1. The van der Waals surface area contributed by atoms with Crippen LogP contribution >= 0.6 is 0 Å². The topological polar surface area (TPSA) is 64.0 Å². The van der Waals surface area contributed by atoms with Crippen LogP contribution in [0.25, 0.3) is 0 Å². The van der Waals surface area contributed by atoms with E-state index in [9.17, 15) is 9.59 Å². The van der Waals surface area contributed by atoms with Crippen LogP contribution in [0.3, 0.4) is 0 Å². The zero-order chi connectivity index (χ0) is 21.9. The first-order chi connectivity index (χ1) is 14.5. The van der Waals surface area contributed by atoms with E-state index in [1.165, 1.54) is 0 Å². The quantitative estimate of drug-likeness (QED) is 0.535. The molecule has 2 aromatic rings. The maximum absolute atomic E-state index is 13.2. The van der Waals surface area contributed by atoms with Crippen molar-refractivity contribution >= 4 is 11.8 Å². The van der Waals surface area contributed by atoms with E-state index >= 15 is 0 Å². The Hall–Kier alpha value is -2.80. The zero-order valence-electron chi connectivity index (χ0n) is 18.5. The van der Waals surface area contributed by atoms with E-state index < -0.39 is 0 Å². The van der Waals surface area contributed by atoms with Crippen molar-refractivity contribution in [2.75, 3.05) is 40.5 Å². The van der Waals surface area contributed by atoms with Gasteiger partial charge in [0.1, 0.15) is 12.3 Å². The highest BCUT2D eigenvalue weighted by molar-refractivity contribution is 5.96. The van der Waals surface area contributed by atoms with E-state index in [1.807, 2.05) is 34.8 Å². The average molecular weight is 416 g/mol. The minimum absolute atomic E-state index is 0.0162. The Morgan fingerprint density at radius 1 is 1.03 bits per heavy atom. The molecule has 0 aliphatic carbocycles. The standard InChI is InChI=1S/C23H33N3O4/c1-5-6-14-25(17-20-8-7-13-24(20)2)22(27)18-26(15-16-29-3)23(28)19-9-11-21(30-4)12-10-19/h7-13H,5-6,14-18H2,1-4H3. The van der Waals surface area contributed by atoms with Gasteiger partial charge in [-0.05, 0) is 42.8 Å². The van der Waals surface area contributed by atoms with Crippen LogP contribution in [0.2, 0.25) is 0 Å². The highest BCUT2D eigenvalue weighted by atomic mass is 16.5. The normalized spacial score (nSPS) is 10.7. The Morgan fingerprint density at radius 3 is 2.33 bits per heavy atom. The summed E-state index contributed by atoms with van der Waals surface area (Å²) >= 11 is 0. The molecule has 2 rings (SSSR count). The average Bonchev–Trinajstić information content (AvgIpc) is 3.17. The zero-order valence-corrected chi connectivity index (χ0v) is 18.5. The summed E-state index contributed by atoms with van der Waals surface area (Å²) in [7, 11) is 5.13. The highest BCUT2D eigenvalue weighted by Crippen LogP contribution is 2.14. The first-order valence-corrected chi connectivity index (χ1v) is 10.3. The van der Waals surface area contributed by atoms with Gasteiger partial charge in [0.2, 0.25) is 5.91 Å². The minimum Gasteiger partial charge on any atom is -0.497 e. The molecule has 7 heteroatoms. The molecule has 1 aromatic heterocycles. The summed E-state index contributed by atoms with van der Waals surface area (Å²) < 4.78 is 12.3. The third-order valence-electron chi connectivity index (χ3n) is 5.05. The van der Waals surface area contributed by atoms with Gasteiger partial charge in [0.05, 0.1) is 20.3 Å². The highest BCUT2D eigenvalue weighted by Gasteiger charge is 2.23. The number of benzene rings is 1. The van der Waals surface area contributed by atoms with Gasteiger partial charge in [0.15, 0.2) is 0 Å². The third-order valence-corrected chi connectivity index (χ3v) is 5.05. The largest absolute Gasteiger partial charge is 0.497 e. The molecule has 0 bridgehead atoms. The van der Waals surface area contributed by atoms with E-state index in [0.29, 0.717) is 37.6 Å². The van der Waals surface area contributed by atoms with Crippen LogP contribution < -0.4 is 4.74 Å². The second-order valence-corrected chi connectivity index (χ2v) is 7.23. The van der Waals surface area contributed by atoms with Gasteiger partial charge in [-0.25, -0.2) is 0 Å². The first-order valence-electron chi connectivity index (χ1n) is 10.3. The molecule has 1 aromatic carbocycles. The summed E-state index contributed by atoms with van der Waals surface area (Å²) in [5, 5.41) is 0. The number of methoxy groups -OCH3 is 2. The Bertz CT molecular complexity index is 801. The van der Waals surface area contributed by atoms with Gasteiger partial charge in [-0.1, -0.05) is 13.3 Å². The molecule has 0 fully saturated rings. The monoisotopic (exact) mass is 415 g/mol. The van der Waals surface area contributed by atoms with Gasteiger partial charge < -0.3 is 23.8 Å². The van der Waals surface area contributed by atoms with Crippen molar-refractivity contribution in [2.24, 2.45) is 7.05 Å². The molecule has 7 nitrogen and oxygen atoms in total. The number of aryl methyl sites for hydroxylation is 1. The molecule has 0 atom stereocenters. The lowest BCUT2D eigenvalue weighted by molar-refractivity contribution is -0.132. The summed E-state index contributed by atoms with van der Waals surface area (Å²) in [6.45, 7) is 4.01. The van der Waals surface area contributed by atoms with E-state index in [0.717, 1.165) is 18.5 Å². The molecule has 164 valence electrons. The summed E-state index contributed by atoms with van der Waals surface area (Å²) in [6, 6.07) is 10.9. The number of rotatable bonds is 12. The van der Waals surface area contributed by atoms with Gasteiger partial charge in [0, 0.05) is 44.7 Å². The maximum Gasteiger partial charge on any atom is 0.254 e. The van der Waals surface area contributed by atoms with Crippen LogP contribution in [-0.4, -0.2) is 66.6 Å². The molecule has 30 heavy (non-hydrogen) atoms. The SMILES string of the molecule is CCCCN(Cc1cccn1C)C(=O)CN(CCOC)C(=O)c1ccc(OC)cc1. The number of carbonyl (C=O) groups excluding carboxylic acids is 2. The summed E-state index contributed by atoms with van der Waals surface area (Å²) in [4.78, 5) is 29.6. The number of carbonyl (C=O) groups is 2. The Labute approximate surface area is 179 Å². The van der Waals surface area contributed by atoms with Crippen LogP contribution in [0.4, 0.5) is 0 Å². The van der Waals surface area contributed by atoms with Crippen molar-refractivity contribution < 1.29 is 19.1 Å². The van der Waals surface area contributed by atoms with Crippen LogP contribution in [0.1, 0.15) is 35.8 Å². The van der Waals surface area contributed by atoms with Crippen molar-refractivity contribution in [3.63, 3.8) is 0 Å². The third kappa shape index (κ3) is 6.62. The van der Waals surface area contributed by atoms with Gasteiger partial charge in [-0.3, -0.25) is 9.59 Å². The maximum atomic E-state index is 13.2. The number of amides is 2. The van der Waals surface area contributed by atoms with Crippen molar-refractivity contribution in [3.05, 3.63) is 53.9 Å². The molecular weight excluding hydrogens is 382 g/mol. The minimum atomic E-state index is -0.197. The lowest BCUT2D eigenvalue weighted by atomic mass is 10.2. The fourth-order valence-corrected chi connectivity index (χ4v) is 3.13. The van der Waals surface area contributed by atoms with E-state index in [-0.39, 0.29) is 18.4 Å². The lowest BCUT2D eigenvalue weighted by Crippen LogP contribution is -2.44. The number of nitrogens with zero attached hydrogens (tertiary/aromatic N) is 3. The molecule has 0 aliphatic heterocycles. The second-order valence-electron chi connectivity index (χ2n) is 7.23. The molecule has 0 aliphatic rings. The predicted octanol–water partition coefficient (Wildman–Crippen LogP) is 2.95. The molecule has 2 amide bonds.